The van der Waals surface area contributed by atoms with E-state index in [-0.39, 0.29) is 18.6 Å². The van der Waals surface area contributed by atoms with Crippen molar-refractivity contribution in [3.05, 3.63) is 23.8 Å². The summed E-state index contributed by atoms with van der Waals surface area (Å²) in [6, 6.07) is 5.93. The predicted molar refractivity (Wildman–Crippen MR) is 65.9 cm³/mol. The molecule has 0 amide bonds. The van der Waals surface area contributed by atoms with Crippen molar-refractivity contribution in [2.45, 2.75) is 18.9 Å². The summed E-state index contributed by atoms with van der Waals surface area (Å²) in [5.41, 5.74) is 1.07. The second-order valence-electron chi connectivity index (χ2n) is 4.78. The van der Waals surface area contributed by atoms with Gasteiger partial charge in [0, 0.05) is 25.6 Å². The number of rotatable bonds is 2. The number of fused-ring (bicyclic) bond motifs is 1. The van der Waals surface area contributed by atoms with Gasteiger partial charge >= 0.3 is 0 Å². The van der Waals surface area contributed by atoms with E-state index in [1.54, 1.807) is 0 Å². The van der Waals surface area contributed by atoms with Crippen LogP contribution >= 0.6 is 0 Å². The Morgan fingerprint density at radius 3 is 2.78 bits per heavy atom. The molecule has 2 unspecified atom stereocenters. The molecule has 0 radical (unpaired) electrons. The van der Waals surface area contributed by atoms with Gasteiger partial charge < -0.3 is 19.3 Å². The maximum Gasteiger partial charge on any atom is 0.161 e. The zero-order valence-electron chi connectivity index (χ0n) is 10.3. The van der Waals surface area contributed by atoms with Gasteiger partial charge in [-0.2, -0.15) is 0 Å². The third kappa shape index (κ3) is 2.18. The van der Waals surface area contributed by atoms with Crippen molar-refractivity contribution >= 4 is 0 Å². The van der Waals surface area contributed by atoms with Gasteiger partial charge in [0.25, 0.3) is 0 Å². The molecule has 1 fully saturated rings. The Balaban J connectivity index is 1.87. The van der Waals surface area contributed by atoms with E-state index in [4.69, 9.17) is 14.2 Å². The minimum atomic E-state index is -0.0212. The minimum absolute atomic E-state index is 0.0212. The van der Waals surface area contributed by atoms with Gasteiger partial charge in [-0.15, -0.1) is 0 Å². The summed E-state index contributed by atoms with van der Waals surface area (Å²) in [5, 5.41) is 9.35. The summed E-state index contributed by atoms with van der Waals surface area (Å²) < 4.78 is 17.0. The fourth-order valence-corrected chi connectivity index (χ4v) is 2.55. The molecule has 2 heterocycles. The van der Waals surface area contributed by atoms with E-state index in [0.29, 0.717) is 19.8 Å². The van der Waals surface area contributed by atoms with Crippen LogP contribution in [0, 0.1) is 5.92 Å². The zero-order chi connectivity index (χ0) is 12.4. The number of benzene rings is 1. The number of aliphatic hydroxyl groups is 1. The lowest BCUT2D eigenvalue weighted by Crippen LogP contribution is -2.11. The van der Waals surface area contributed by atoms with Gasteiger partial charge in [-0.05, 0) is 24.1 Å². The zero-order valence-corrected chi connectivity index (χ0v) is 10.3. The average molecular weight is 250 g/mol. The predicted octanol–water partition coefficient (Wildman–Crippen LogP) is 1.92. The van der Waals surface area contributed by atoms with Crippen LogP contribution in [0.4, 0.5) is 0 Å². The highest BCUT2D eigenvalue weighted by Gasteiger charge is 2.29. The van der Waals surface area contributed by atoms with Crippen molar-refractivity contribution < 1.29 is 19.3 Å². The molecule has 0 bridgehead atoms. The molecule has 1 aromatic carbocycles. The standard InChI is InChI=1S/C14H18O4/c15-9-11-4-7-18-14(11)10-2-3-12-13(8-10)17-6-1-5-16-12/h2-3,8,11,14-15H,1,4-7,9H2. The molecule has 2 atom stereocenters. The molecule has 98 valence electrons. The van der Waals surface area contributed by atoms with Gasteiger partial charge in [0.2, 0.25) is 0 Å². The quantitative estimate of drug-likeness (QED) is 0.871. The SMILES string of the molecule is OCC1CCOC1c1ccc2c(c1)OCCCO2. The van der Waals surface area contributed by atoms with E-state index < -0.39 is 0 Å². The van der Waals surface area contributed by atoms with Crippen LogP contribution in [0.1, 0.15) is 24.5 Å². The molecule has 1 aromatic rings. The summed E-state index contributed by atoms with van der Waals surface area (Å²) in [5.74, 6) is 1.78. The summed E-state index contributed by atoms with van der Waals surface area (Å²) in [6.45, 7) is 2.26. The molecule has 1 N–H and O–H groups in total. The van der Waals surface area contributed by atoms with Crippen molar-refractivity contribution in [3.63, 3.8) is 0 Å². The highest BCUT2D eigenvalue weighted by atomic mass is 16.5. The lowest BCUT2D eigenvalue weighted by molar-refractivity contribution is 0.0718. The van der Waals surface area contributed by atoms with Gasteiger partial charge in [-0.1, -0.05) is 6.07 Å². The molecule has 3 rings (SSSR count). The van der Waals surface area contributed by atoms with E-state index in [1.807, 2.05) is 18.2 Å². The summed E-state index contributed by atoms with van der Waals surface area (Å²) >= 11 is 0. The van der Waals surface area contributed by atoms with E-state index >= 15 is 0 Å². The first-order valence-electron chi connectivity index (χ1n) is 6.50. The van der Waals surface area contributed by atoms with Gasteiger partial charge in [-0.3, -0.25) is 0 Å². The Labute approximate surface area is 106 Å². The summed E-state index contributed by atoms with van der Waals surface area (Å²) in [6.07, 6.45) is 1.80. The summed E-state index contributed by atoms with van der Waals surface area (Å²) in [7, 11) is 0. The first-order valence-corrected chi connectivity index (χ1v) is 6.50. The third-order valence-electron chi connectivity index (χ3n) is 3.55. The fourth-order valence-electron chi connectivity index (χ4n) is 2.55. The normalized spacial score (nSPS) is 26.9. The second-order valence-corrected chi connectivity index (χ2v) is 4.78. The van der Waals surface area contributed by atoms with Crippen LogP contribution in [0.25, 0.3) is 0 Å². The van der Waals surface area contributed by atoms with Gasteiger partial charge in [0.05, 0.1) is 19.3 Å². The van der Waals surface area contributed by atoms with Crippen LogP contribution in [0.5, 0.6) is 11.5 Å². The van der Waals surface area contributed by atoms with Crippen LogP contribution in [0.15, 0.2) is 18.2 Å². The molecule has 4 heteroatoms. The van der Waals surface area contributed by atoms with Crippen LogP contribution in [-0.4, -0.2) is 31.5 Å². The maximum atomic E-state index is 9.35. The van der Waals surface area contributed by atoms with Crippen molar-refractivity contribution in [3.8, 4) is 11.5 Å². The number of aliphatic hydroxyl groups excluding tert-OH is 1. The molecular formula is C14H18O4. The summed E-state index contributed by atoms with van der Waals surface area (Å²) in [4.78, 5) is 0. The highest BCUT2D eigenvalue weighted by molar-refractivity contribution is 5.44. The third-order valence-corrected chi connectivity index (χ3v) is 3.55. The Hall–Kier alpha value is -1.26. The second kappa shape index (κ2) is 5.16. The van der Waals surface area contributed by atoms with Gasteiger partial charge in [-0.25, -0.2) is 0 Å². The first kappa shape index (κ1) is 11.8. The lowest BCUT2D eigenvalue weighted by atomic mass is 9.96. The Kier molecular flexibility index (Phi) is 3.39. The van der Waals surface area contributed by atoms with E-state index in [2.05, 4.69) is 0 Å². The largest absolute Gasteiger partial charge is 0.490 e. The van der Waals surface area contributed by atoms with E-state index in [1.165, 1.54) is 0 Å². The molecule has 4 nitrogen and oxygen atoms in total. The van der Waals surface area contributed by atoms with Crippen molar-refractivity contribution in [2.75, 3.05) is 26.4 Å². The first-order chi connectivity index (χ1) is 8.88. The molecule has 2 aliphatic rings. The maximum absolute atomic E-state index is 9.35. The number of ether oxygens (including phenoxy) is 3. The Bertz CT molecular complexity index is 418. The van der Waals surface area contributed by atoms with Gasteiger partial charge in [0.1, 0.15) is 0 Å². The van der Waals surface area contributed by atoms with Gasteiger partial charge in [0.15, 0.2) is 11.5 Å². The smallest absolute Gasteiger partial charge is 0.161 e. The fraction of sp³-hybridized carbons (Fsp3) is 0.571. The molecular weight excluding hydrogens is 232 g/mol. The van der Waals surface area contributed by atoms with Crippen LogP contribution < -0.4 is 9.47 Å². The Morgan fingerprint density at radius 2 is 1.94 bits per heavy atom. The molecule has 0 aliphatic carbocycles. The molecule has 1 saturated heterocycles. The minimum Gasteiger partial charge on any atom is -0.490 e. The van der Waals surface area contributed by atoms with E-state index in [9.17, 15) is 5.11 Å². The van der Waals surface area contributed by atoms with E-state index in [0.717, 1.165) is 29.9 Å². The van der Waals surface area contributed by atoms with Crippen LogP contribution in [0.3, 0.4) is 0 Å². The van der Waals surface area contributed by atoms with Crippen molar-refractivity contribution in [1.29, 1.82) is 0 Å². The molecule has 18 heavy (non-hydrogen) atoms. The highest BCUT2D eigenvalue weighted by Crippen LogP contribution is 2.38. The van der Waals surface area contributed by atoms with Crippen LogP contribution in [0.2, 0.25) is 0 Å². The Morgan fingerprint density at radius 1 is 1.11 bits per heavy atom. The molecule has 0 aromatic heterocycles. The topological polar surface area (TPSA) is 47.9 Å². The monoisotopic (exact) mass is 250 g/mol. The van der Waals surface area contributed by atoms with Crippen molar-refractivity contribution in [1.82, 2.24) is 0 Å². The number of hydrogen-bond donors (Lipinski definition) is 1. The number of hydrogen-bond acceptors (Lipinski definition) is 4. The average Bonchev–Trinajstić information content (AvgIpc) is 2.76. The molecule has 0 saturated carbocycles. The molecule has 0 spiro atoms. The lowest BCUT2D eigenvalue weighted by Gasteiger charge is -2.18. The van der Waals surface area contributed by atoms with Crippen molar-refractivity contribution in [2.24, 2.45) is 5.92 Å². The molecule has 2 aliphatic heterocycles. The van der Waals surface area contributed by atoms with Crippen LogP contribution in [-0.2, 0) is 4.74 Å².